The second-order valence-electron chi connectivity index (χ2n) is 2.29. The van der Waals surface area contributed by atoms with Gasteiger partial charge >= 0.3 is 12.4 Å². The first-order chi connectivity index (χ1) is 5.40. The number of nitrogens with zero attached hydrogens (tertiary/aromatic N) is 2. The number of aromatic nitrogens is 2. The predicted octanol–water partition coefficient (Wildman–Crippen LogP) is 1.63. The summed E-state index contributed by atoms with van der Waals surface area (Å²) in [6, 6.07) is -0.444. The third-order valence-electron chi connectivity index (χ3n) is 1.38. The van der Waals surface area contributed by atoms with Gasteiger partial charge in [-0.1, -0.05) is 0 Å². The maximum Gasteiger partial charge on any atom is 0.575 e. The Morgan fingerprint density at radius 3 is 2.42 bits per heavy atom. The van der Waals surface area contributed by atoms with E-state index in [9.17, 15) is 13.2 Å². The number of rotatable bonds is 1. The van der Waals surface area contributed by atoms with Crippen LogP contribution in [0, 0.1) is 6.92 Å². The van der Waals surface area contributed by atoms with Gasteiger partial charge in [-0.25, -0.2) is 4.98 Å². The van der Waals surface area contributed by atoms with Crippen molar-refractivity contribution < 1.29 is 17.9 Å². The van der Waals surface area contributed by atoms with Crippen LogP contribution in [0.5, 0.6) is 6.01 Å². The minimum atomic E-state index is -4.68. The molecule has 1 heterocycles. The van der Waals surface area contributed by atoms with Gasteiger partial charge in [-0.05, 0) is 6.92 Å². The quantitative estimate of drug-likeness (QED) is 0.656. The third-order valence-corrected chi connectivity index (χ3v) is 1.38. The van der Waals surface area contributed by atoms with Crippen LogP contribution in [0.2, 0.25) is 0 Å². The van der Waals surface area contributed by atoms with Crippen molar-refractivity contribution >= 4 is 0 Å². The van der Waals surface area contributed by atoms with E-state index in [-0.39, 0.29) is 0 Å². The number of aryl methyl sites for hydroxylation is 1. The van der Waals surface area contributed by atoms with E-state index in [1.807, 2.05) is 0 Å². The molecule has 0 amide bonds. The van der Waals surface area contributed by atoms with E-state index in [1.54, 1.807) is 6.92 Å². The monoisotopic (exact) mass is 180 g/mol. The van der Waals surface area contributed by atoms with Crippen molar-refractivity contribution in [2.24, 2.45) is 7.05 Å². The number of alkyl halides is 3. The van der Waals surface area contributed by atoms with E-state index in [2.05, 4.69) is 9.72 Å². The zero-order valence-electron chi connectivity index (χ0n) is 6.51. The van der Waals surface area contributed by atoms with E-state index < -0.39 is 12.4 Å². The van der Waals surface area contributed by atoms with Gasteiger partial charge in [-0.3, -0.25) is 0 Å². The summed E-state index contributed by atoms with van der Waals surface area (Å²) in [6.07, 6.45) is -3.37. The molecule has 0 aliphatic heterocycles. The second-order valence-corrected chi connectivity index (χ2v) is 2.29. The summed E-state index contributed by atoms with van der Waals surface area (Å²) in [5.74, 6) is 0. The average Bonchev–Trinajstić information content (AvgIpc) is 2.16. The summed E-state index contributed by atoms with van der Waals surface area (Å²) >= 11 is 0. The first-order valence-electron chi connectivity index (χ1n) is 3.14. The molecule has 1 aromatic rings. The van der Waals surface area contributed by atoms with Crippen LogP contribution < -0.4 is 4.74 Å². The van der Waals surface area contributed by atoms with Gasteiger partial charge in [0.2, 0.25) is 0 Å². The molecule has 0 aliphatic carbocycles. The predicted molar refractivity (Wildman–Crippen MR) is 34.6 cm³/mol. The third kappa shape index (κ3) is 1.90. The summed E-state index contributed by atoms with van der Waals surface area (Å²) in [6.45, 7) is 1.64. The summed E-state index contributed by atoms with van der Waals surface area (Å²) in [7, 11) is 1.45. The van der Waals surface area contributed by atoms with Crippen molar-refractivity contribution in [3.05, 3.63) is 11.9 Å². The largest absolute Gasteiger partial charge is 0.575 e. The number of ether oxygens (including phenoxy) is 1. The number of hydrogen-bond donors (Lipinski definition) is 0. The molecule has 0 fully saturated rings. The van der Waals surface area contributed by atoms with Crippen LogP contribution in [-0.2, 0) is 7.05 Å². The number of hydrogen-bond acceptors (Lipinski definition) is 2. The van der Waals surface area contributed by atoms with Crippen molar-refractivity contribution in [1.29, 1.82) is 0 Å². The van der Waals surface area contributed by atoms with Crippen LogP contribution >= 0.6 is 0 Å². The molecule has 68 valence electrons. The Balaban J connectivity index is 2.83. The van der Waals surface area contributed by atoms with E-state index in [1.165, 1.54) is 17.8 Å². The van der Waals surface area contributed by atoms with Crippen LogP contribution in [0.1, 0.15) is 5.69 Å². The fourth-order valence-electron chi connectivity index (χ4n) is 0.671. The second kappa shape index (κ2) is 2.69. The molecule has 0 aliphatic rings. The molecule has 12 heavy (non-hydrogen) atoms. The lowest BCUT2D eigenvalue weighted by atomic mass is 10.5. The van der Waals surface area contributed by atoms with E-state index in [0.29, 0.717) is 5.69 Å². The summed E-state index contributed by atoms with van der Waals surface area (Å²) < 4.78 is 39.8. The standard InChI is InChI=1S/C6H7F3N2O/c1-4-3-10-5(11(4)2)12-6(7,8)9/h3H,1-2H3. The number of imidazole rings is 1. The van der Waals surface area contributed by atoms with Gasteiger partial charge in [0.05, 0.1) is 6.20 Å². The molecule has 0 saturated heterocycles. The molecular formula is C6H7F3N2O. The van der Waals surface area contributed by atoms with Gasteiger partial charge < -0.3 is 9.30 Å². The van der Waals surface area contributed by atoms with Crippen molar-refractivity contribution in [3.63, 3.8) is 0 Å². The van der Waals surface area contributed by atoms with Crippen molar-refractivity contribution in [2.75, 3.05) is 0 Å². The van der Waals surface area contributed by atoms with Gasteiger partial charge in [0, 0.05) is 12.7 Å². The lowest BCUT2D eigenvalue weighted by Crippen LogP contribution is -2.19. The highest BCUT2D eigenvalue weighted by atomic mass is 19.4. The van der Waals surface area contributed by atoms with Crippen LogP contribution in [0.3, 0.4) is 0 Å². The Morgan fingerprint density at radius 2 is 2.08 bits per heavy atom. The van der Waals surface area contributed by atoms with Crippen LogP contribution in [0.25, 0.3) is 0 Å². The topological polar surface area (TPSA) is 27.1 Å². The van der Waals surface area contributed by atoms with Gasteiger partial charge in [0.15, 0.2) is 0 Å². The van der Waals surface area contributed by atoms with Crippen LogP contribution in [0.15, 0.2) is 6.20 Å². The van der Waals surface area contributed by atoms with Gasteiger partial charge in [0.1, 0.15) is 0 Å². The average molecular weight is 180 g/mol. The lowest BCUT2D eigenvalue weighted by Gasteiger charge is -2.07. The summed E-state index contributed by atoms with van der Waals surface area (Å²) in [5, 5.41) is 0. The van der Waals surface area contributed by atoms with Gasteiger partial charge in [-0.2, -0.15) is 0 Å². The van der Waals surface area contributed by atoms with Crippen molar-refractivity contribution in [3.8, 4) is 6.01 Å². The first-order valence-corrected chi connectivity index (χ1v) is 3.14. The van der Waals surface area contributed by atoms with E-state index in [4.69, 9.17) is 0 Å². The fourth-order valence-corrected chi connectivity index (χ4v) is 0.671. The fraction of sp³-hybridized carbons (Fsp3) is 0.500. The normalized spacial score (nSPS) is 11.8. The van der Waals surface area contributed by atoms with E-state index >= 15 is 0 Å². The maximum absolute atomic E-state index is 11.7. The Kier molecular flexibility index (Phi) is 1.99. The van der Waals surface area contributed by atoms with Crippen LogP contribution in [0.4, 0.5) is 13.2 Å². The Hall–Kier alpha value is -1.20. The molecule has 3 nitrogen and oxygen atoms in total. The molecular weight excluding hydrogens is 173 g/mol. The highest BCUT2D eigenvalue weighted by molar-refractivity contribution is 5.06. The smallest absolute Gasteiger partial charge is 0.372 e. The van der Waals surface area contributed by atoms with E-state index in [0.717, 1.165) is 0 Å². The SMILES string of the molecule is Cc1cnc(OC(F)(F)F)n1C. The molecule has 0 aromatic carbocycles. The zero-order valence-corrected chi connectivity index (χ0v) is 6.51. The highest BCUT2D eigenvalue weighted by Crippen LogP contribution is 2.21. The minimum absolute atomic E-state index is 0.444. The Labute approximate surface area is 66.8 Å². The summed E-state index contributed by atoms with van der Waals surface area (Å²) in [4.78, 5) is 3.42. The van der Waals surface area contributed by atoms with Crippen molar-refractivity contribution in [2.45, 2.75) is 13.3 Å². The van der Waals surface area contributed by atoms with Gasteiger partial charge in [-0.15, -0.1) is 13.2 Å². The van der Waals surface area contributed by atoms with Gasteiger partial charge in [0.25, 0.3) is 0 Å². The molecule has 0 atom stereocenters. The maximum atomic E-state index is 11.7. The van der Waals surface area contributed by atoms with Crippen molar-refractivity contribution in [1.82, 2.24) is 9.55 Å². The molecule has 0 saturated carbocycles. The zero-order chi connectivity index (χ0) is 9.35. The molecule has 1 rings (SSSR count). The highest BCUT2D eigenvalue weighted by Gasteiger charge is 2.33. The van der Waals surface area contributed by atoms with Crippen LogP contribution in [-0.4, -0.2) is 15.9 Å². The molecule has 0 unspecified atom stereocenters. The number of halogens is 3. The summed E-state index contributed by atoms with van der Waals surface area (Å²) in [5.41, 5.74) is 0.606. The Bertz CT molecular complexity index is 279. The molecule has 0 radical (unpaired) electrons. The molecule has 6 heteroatoms. The lowest BCUT2D eigenvalue weighted by molar-refractivity contribution is -0.278. The molecule has 1 aromatic heterocycles. The molecule has 0 spiro atoms. The molecule has 0 N–H and O–H groups in total. The minimum Gasteiger partial charge on any atom is -0.372 e. The Morgan fingerprint density at radius 1 is 1.50 bits per heavy atom. The first kappa shape index (κ1) is 8.89. The molecule has 0 bridgehead atoms.